The highest BCUT2D eigenvalue weighted by atomic mass is 16.3. The monoisotopic (exact) mass is 333 g/mol. The fourth-order valence-electron chi connectivity index (χ4n) is 3.88. The molecule has 1 aliphatic carbocycles. The number of carbonyl (C=O) groups excluding carboxylic acids is 2. The second kappa shape index (κ2) is 5.97. The highest BCUT2D eigenvalue weighted by molar-refractivity contribution is 6.11. The van der Waals surface area contributed by atoms with Gasteiger partial charge < -0.3 is 10.4 Å². The van der Waals surface area contributed by atoms with Crippen LogP contribution in [0, 0.1) is 5.92 Å². The predicted molar refractivity (Wildman–Crippen MR) is 95.7 cm³/mol. The number of aliphatic hydroxyl groups is 1. The molecule has 2 atom stereocenters. The number of fused-ring (bicyclic) bond motifs is 1. The summed E-state index contributed by atoms with van der Waals surface area (Å²) < 4.78 is 0. The topological polar surface area (TPSA) is 66.4 Å². The van der Waals surface area contributed by atoms with E-state index in [1.807, 2.05) is 36.4 Å². The van der Waals surface area contributed by atoms with E-state index in [0.29, 0.717) is 29.7 Å². The Balaban J connectivity index is 1.72. The van der Waals surface area contributed by atoms with Crippen molar-refractivity contribution in [3.05, 3.63) is 71.3 Å². The third-order valence-corrected chi connectivity index (χ3v) is 5.15. The molecule has 2 aromatic rings. The summed E-state index contributed by atoms with van der Waals surface area (Å²) in [7, 11) is 0. The first-order valence-electron chi connectivity index (χ1n) is 8.54. The molecule has 25 heavy (non-hydrogen) atoms. The van der Waals surface area contributed by atoms with Gasteiger partial charge in [0.1, 0.15) is 0 Å². The summed E-state index contributed by atoms with van der Waals surface area (Å²) in [6.45, 7) is 0. The van der Waals surface area contributed by atoms with E-state index in [9.17, 15) is 14.7 Å². The Morgan fingerprint density at radius 3 is 2.56 bits per heavy atom. The smallest absolute Gasteiger partial charge is 0.261 e. The highest BCUT2D eigenvalue weighted by Gasteiger charge is 2.54. The van der Waals surface area contributed by atoms with E-state index in [-0.39, 0.29) is 5.78 Å². The van der Waals surface area contributed by atoms with Crippen molar-refractivity contribution >= 4 is 23.5 Å². The van der Waals surface area contributed by atoms with E-state index in [4.69, 9.17) is 0 Å². The SMILES string of the molecule is O=C1C(=Cc2ccccc2)CCCC1C1(O)C(=O)Nc2ccccc21. The molecule has 4 rings (SSSR count). The molecule has 1 heterocycles. The van der Waals surface area contributed by atoms with Crippen molar-refractivity contribution in [3.63, 3.8) is 0 Å². The molecule has 2 aromatic carbocycles. The molecule has 1 fully saturated rings. The molecule has 126 valence electrons. The number of benzene rings is 2. The van der Waals surface area contributed by atoms with Crippen LogP contribution >= 0.6 is 0 Å². The maximum absolute atomic E-state index is 13.1. The molecule has 4 heteroatoms. The molecule has 0 bridgehead atoms. The molecular formula is C21H19NO3. The number of anilines is 1. The largest absolute Gasteiger partial charge is 0.375 e. The number of Topliss-reactive ketones (excluding diaryl/α,β-unsaturated/α-hetero) is 1. The van der Waals surface area contributed by atoms with Gasteiger partial charge in [-0.25, -0.2) is 0 Å². The second-order valence-corrected chi connectivity index (χ2v) is 6.66. The first-order chi connectivity index (χ1) is 12.1. The zero-order valence-corrected chi connectivity index (χ0v) is 13.7. The molecule has 1 aliphatic heterocycles. The van der Waals surface area contributed by atoms with Crippen LogP contribution in [0.3, 0.4) is 0 Å². The van der Waals surface area contributed by atoms with Gasteiger partial charge in [0.25, 0.3) is 5.91 Å². The Kier molecular flexibility index (Phi) is 3.77. The normalized spacial score (nSPS) is 27.2. The molecule has 4 nitrogen and oxygen atoms in total. The van der Waals surface area contributed by atoms with E-state index < -0.39 is 17.4 Å². The maximum Gasteiger partial charge on any atom is 0.261 e. The van der Waals surface area contributed by atoms with Gasteiger partial charge in [0.15, 0.2) is 11.4 Å². The Labute approximate surface area is 146 Å². The summed E-state index contributed by atoms with van der Waals surface area (Å²) in [5.41, 5.74) is 0.924. The predicted octanol–water partition coefficient (Wildman–Crippen LogP) is 3.28. The minimum Gasteiger partial charge on any atom is -0.375 e. The summed E-state index contributed by atoms with van der Waals surface area (Å²) in [6.07, 6.45) is 3.82. The van der Waals surface area contributed by atoms with Crippen molar-refractivity contribution in [1.29, 1.82) is 0 Å². The molecule has 1 amide bonds. The maximum atomic E-state index is 13.1. The Hall–Kier alpha value is -2.72. The summed E-state index contributed by atoms with van der Waals surface area (Å²) in [5.74, 6) is -1.39. The van der Waals surface area contributed by atoms with Crippen LogP contribution in [0.25, 0.3) is 6.08 Å². The van der Waals surface area contributed by atoms with E-state index in [1.54, 1.807) is 24.3 Å². The average molecular weight is 333 g/mol. The van der Waals surface area contributed by atoms with Gasteiger partial charge in [-0.1, -0.05) is 48.5 Å². The number of hydrogen-bond acceptors (Lipinski definition) is 3. The molecule has 2 aliphatic rings. The van der Waals surface area contributed by atoms with Gasteiger partial charge in [-0.2, -0.15) is 0 Å². The molecule has 0 spiro atoms. The van der Waals surface area contributed by atoms with Crippen LogP contribution in [0.4, 0.5) is 5.69 Å². The van der Waals surface area contributed by atoms with Crippen LogP contribution in [0.1, 0.15) is 30.4 Å². The zero-order valence-electron chi connectivity index (χ0n) is 13.7. The lowest BCUT2D eigenvalue weighted by molar-refractivity contribution is -0.148. The van der Waals surface area contributed by atoms with Crippen LogP contribution in [0.5, 0.6) is 0 Å². The molecule has 0 radical (unpaired) electrons. The summed E-state index contributed by atoms with van der Waals surface area (Å²) in [4.78, 5) is 25.6. The molecule has 2 unspecified atom stereocenters. The number of ketones is 1. The van der Waals surface area contributed by atoms with Gasteiger partial charge in [0, 0.05) is 11.3 Å². The lowest BCUT2D eigenvalue weighted by Crippen LogP contribution is -2.47. The fraction of sp³-hybridized carbons (Fsp3) is 0.238. The number of amides is 1. The zero-order chi connectivity index (χ0) is 17.4. The molecule has 0 aromatic heterocycles. The number of nitrogens with one attached hydrogen (secondary N) is 1. The standard InChI is InChI=1S/C21H19NO3/c23-19-15(13-14-7-2-1-3-8-14)9-6-11-17(19)21(25)16-10-4-5-12-18(16)22-20(21)24/h1-5,7-8,10,12-13,17,25H,6,9,11H2,(H,22,24). The van der Waals surface area contributed by atoms with Gasteiger partial charge in [-0.05, 0) is 42.5 Å². The van der Waals surface area contributed by atoms with Crippen LogP contribution in [0.15, 0.2) is 60.2 Å². The number of rotatable bonds is 2. The fourth-order valence-corrected chi connectivity index (χ4v) is 3.88. The van der Waals surface area contributed by atoms with Crippen molar-refractivity contribution < 1.29 is 14.7 Å². The van der Waals surface area contributed by atoms with Crippen molar-refractivity contribution in [2.75, 3.05) is 5.32 Å². The van der Waals surface area contributed by atoms with Crippen LogP contribution < -0.4 is 5.32 Å². The number of para-hydroxylation sites is 1. The first-order valence-corrected chi connectivity index (χ1v) is 8.54. The van der Waals surface area contributed by atoms with Gasteiger partial charge in [-0.3, -0.25) is 9.59 Å². The summed E-state index contributed by atoms with van der Waals surface area (Å²) in [6, 6.07) is 16.7. The Morgan fingerprint density at radius 2 is 1.76 bits per heavy atom. The number of allylic oxidation sites excluding steroid dienone is 1. The molecular weight excluding hydrogens is 314 g/mol. The van der Waals surface area contributed by atoms with Crippen molar-refractivity contribution in [2.24, 2.45) is 5.92 Å². The summed E-state index contributed by atoms with van der Waals surface area (Å²) >= 11 is 0. The lowest BCUT2D eigenvalue weighted by Gasteiger charge is -2.33. The van der Waals surface area contributed by atoms with Gasteiger partial charge in [-0.15, -0.1) is 0 Å². The lowest BCUT2D eigenvalue weighted by atomic mass is 9.71. The van der Waals surface area contributed by atoms with Gasteiger partial charge in [0.05, 0.1) is 5.92 Å². The molecule has 2 N–H and O–H groups in total. The van der Waals surface area contributed by atoms with E-state index in [2.05, 4.69) is 5.32 Å². The average Bonchev–Trinajstić information content (AvgIpc) is 2.89. The van der Waals surface area contributed by atoms with E-state index in [0.717, 1.165) is 12.0 Å². The quantitative estimate of drug-likeness (QED) is 0.829. The van der Waals surface area contributed by atoms with Crippen LogP contribution in [0.2, 0.25) is 0 Å². The van der Waals surface area contributed by atoms with Crippen molar-refractivity contribution in [3.8, 4) is 0 Å². The van der Waals surface area contributed by atoms with Gasteiger partial charge in [0.2, 0.25) is 0 Å². The Morgan fingerprint density at radius 1 is 1.04 bits per heavy atom. The third kappa shape index (κ3) is 2.50. The first kappa shape index (κ1) is 15.8. The summed E-state index contributed by atoms with van der Waals surface area (Å²) in [5, 5.41) is 13.9. The van der Waals surface area contributed by atoms with Crippen LogP contribution in [-0.4, -0.2) is 16.8 Å². The minimum atomic E-state index is -1.79. The van der Waals surface area contributed by atoms with Crippen molar-refractivity contribution in [1.82, 2.24) is 0 Å². The third-order valence-electron chi connectivity index (χ3n) is 5.15. The van der Waals surface area contributed by atoms with Crippen molar-refractivity contribution in [2.45, 2.75) is 24.9 Å². The molecule has 1 saturated carbocycles. The minimum absolute atomic E-state index is 0.135. The molecule has 0 saturated heterocycles. The highest BCUT2D eigenvalue weighted by Crippen LogP contribution is 2.46. The van der Waals surface area contributed by atoms with E-state index in [1.165, 1.54) is 0 Å². The van der Waals surface area contributed by atoms with Crippen LogP contribution in [-0.2, 0) is 15.2 Å². The number of carbonyl (C=O) groups is 2. The second-order valence-electron chi connectivity index (χ2n) is 6.66. The van der Waals surface area contributed by atoms with E-state index >= 15 is 0 Å². The number of hydrogen-bond donors (Lipinski definition) is 2. The van der Waals surface area contributed by atoms with Gasteiger partial charge >= 0.3 is 0 Å². The Bertz CT molecular complexity index is 872.